The second kappa shape index (κ2) is 6.32. The van der Waals surface area contributed by atoms with Crippen LogP contribution in [0.2, 0.25) is 5.02 Å². The molecule has 2 rings (SSSR count). The van der Waals surface area contributed by atoms with E-state index in [2.05, 4.69) is 4.98 Å². The molecular formula is C14H12ClN3O3. The summed E-state index contributed by atoms with van der Waals surface area (Å²) in [6, 6.07) is 9.18. The van der Waals surface area contributed by atoms with Crippen molar-refractivity contribution < 1.29 is 9.72 Å². The number of nitro groups is 1. The Morgan fingerprint density at radius 1 is 1.38 bits per heavy atom. The number of rotatable bonds is 4. The van der Waals surface area contributed by atoms with E-state index in [1.807, 2.05) is 6.07 Å². The maximum Gasteiger partial charge on any atom is 0.270 e. The Bertz CT molecular complexity index is 676. The molecule has 1 heterocycles. The molecular weight excluding hydrogens is 294 g/mol. The van der Waals surface area contributed by atoms with Gasteiger partial charge in [-0.3, -0.25) is 19.9 Å². The van der Waals surface area contributed by atoms with Gasteiger partial charge in [0.05, 0.1) is 27.7 Å². The molecule has 0 saturated heterocycles. The van der Waals surface area contributed by atoms with E-state index in [0.717, 1.165) is 5.69 Å². The third-order valence-electron chi connectivity index (χ3n) is 2.86. The van der Waals surface area contributed by atoms with Crippen LogP contribution in [0.4, 0.5) is 5.69 Å². The number of nitrogens with zero attached hydrogens (tertiary/aromatic N) is 3. The van der Waals surface area contributed by atoms with E-state index in [-0.39, 0.29) is 16.3 Å². The monoisotopic (exact) mass is 305 g/mol. The van der Waals surface area contributed by atoms with Crippen LogP contribution in [0, 0.1) is 10.1 Å². The van der Waals surface area contributed by atoms with E-state index in [1.165, 1.54) is 23.1 Å². The van der Waals surface area contributed by atoms with Crippen molar-refractivity contribution in [3.8, 4) is 0 Å². The third kappa shape index (κ3) is 3.55. The van der Waals surface area contributed by atoms with Crippen molar-refractivity contribution in [1.82, 2.24) is 9.88 Å². The Morgan fingerprint density at radius 3 is 2.76 bits per heavy atom. The van der Waals surface area contributed by atoms with Gasteiger partial charge in [-0.25, -0.2) is 0 Å². The fourth-order valence-corrected chi connectivity index (χ4v) is 2.00. The first-order valence-corrected chi connectivity index (χ1v) is 6.46. The van der Waals surface area contributed by atoms with Crippen LogP contribution in [0.15, 0.2) is 42.6 Å². The molecule has 0 bridgehead atoms. The Morgan fingerprint density at radius 2 is 2.14 bits per heavy atom. The lowest BCUT2D eigenvalue weighted by molar-refractivity contribution is -0.384. The van der Waals surface area contributed by atoms with Crippen LogP contribution in [0.5, 0.6) is 0 Å². The molecule has 1 amide bonds. The van der Waals surface area contributed by atoms with Crippen molar-refractivity contribution in [3.05, 3.63) is 69.0 Å². The van der Waals surface area contributed by atoms with Crippen LogP contribution >= 0.6 is 11.6 Å². The number of non-ortho nitro benzene ring substituents is 1. The lowest BCUT2D eigenvalue weighted by atomic mass is 10.1. The number of halogens is 1. The van der Waals surface area contributed by atoms with Crippen LogP contribution in [-0.4, -0.2) is 27.8 Å². The summed E-state index contributed by atoms with van der Waals surface area (Å²) >= 11 is 5.96. The minimum atomic E-state index is -0.564. The first kappa shape index (κ1) is 14.9. The lowest BCUT2D eigenvalue weighted by Crippen LogP contribution is -2.26. The highest BCUT2D eigenvalue weighted by atomic mass is 35.5. The smallest absolute Gasteiger partial charge is 0.270 e. The molecule has 0 spiro atoms. The first-order valence-electron chi connectivity index (χ1n) is 6.08. The van der Waals surface area contributed by atoms with E-state index >= 15 is 0 Å². The zero-order valence-corrected chi connectivity index (χ0v) is 11.9. The number of carbonyl (C=O) groups is 1. The zero-order valence-electron chi connectivity index (χ0n) is 11.2. The molecule has 0 saturated carbocycles. The Balaban J connectivity index is 2.23. The molecule has 2 aromatic rings. The van der Waals surface area contributed by atoms with Crippen molar-refractivity contribution >= 4 is 23.2 Å². The summed E-state index contributed by atoms with van der Waals surface area (Å²) in [6.07, 6.45) is 1.63. The van der Waals surface area contributed by atoms with Crippen LogP contribution in [0.1, 0.15) is 16.1 Å². The predicted octanol–water partition coefficient (Wildman–Crippen LogP) is 2.92. The predicted molar refractivity (Wildman–Crippen MR) is 78.1 cm³/mol. The summed E-state index contributed by atoms with van der Waals surface area (Å²) in [6.45, 7) is 0.290. The van der Waals surface area contributed by atoms with E-state index in [0.29, 0.717) is 6.54 Å². The van der Waals surface area contributed by atoms with Gasteiger partial charge in [-0.2, -0.15) is 0 Å². The molecule has 0 unspecified atom stereocenters. The fraction of sp³-hybridized carbons (Fsp3) is 0.143. The van der Waals surface area contributed by atoms with E-state index < -0.39 is 10.8 Å². The molecule has 0 aliphatic rings. The van der Waals surface area contributed by atoms with Gasteiger partial charge in [0.25, 0.3) is 11.6 Å². The number of amides is 1. The molecule has 0 atom stereocenters. The fourth-order valence-electron chi connectivity index (χ4n) is 1.80. The molecule has 6 nitrogen and oxygen atoms in total. The second-order valence-corrected chi connectivity index (χ2v) is 4.81. The van der Waals surface area contributed by atoms with Gasteiger partial charge in [0, 0.05) is 25.4 Å². The maximum atomic E-state index is 12.3. The van der Waals surface area contributed by atoms with E-state index in [9.17, 15) is 14.9 Å². The van der Waals surface area contributed by atoms with E-state index in [1.54, 1.807) is 25.4 Å². The summed E-state index contributed by atoms with van der Waals surface area (Å²) in [5, 5.41) is 11.0. The summed E-state index contributed by atoms with van der Waals surface area (Å²) in [5.41, 5.74) is 0.646. The number of carbonyl (C=O) groups excluding carboxylic acids is 1. The van der Waals surface area contributed by atoms with Gasteiger partial charge in [0.2, 0.25) is 0 Å². The molecule has 0 aliphatic carbocycles. The van der Waals surface area contributed by atoms with Crippen LogP contribution in [-0.2, 0) is 6.54 Å². The SMILES string of the molecule is CN(Cc1ccccn1)C(=O)c1cc([N+](=O)[O-])ccc1Cl. The second-order valence-electron chi connectivity index (χ2n) is 4.40. The van der Waals surface area contributed by atoms with Crippen molar-refractivity contribution in [2.75, 3.05) is 7.05 Å². The molecule has 7 heteroatoms. The lowest BCUT2D eigenvalue weighted by Gasteiger charge is -2.17. The van der Waals surface area contributed by atoms with Gasteiger partial charge in [-0.15, -0.1) is 0 Å². The van der Waals surface area contributed by atoms with Gasteiger partial charge in [0.1, 0.15) is 0 Å². The molecule has 21 heavy (non-hydrogen) atoms. The number of pyridine rings is 1. The third-order valence-corrected chi connectivity index (χ3v) is 3.19. The average Bonchev–Trinajstić information content (AvgIpc) is 2.47. The zero-order chi connectivity index (χ0) is 15.4. The Labute approximate surface area is 126 Å². The molecule has 108 valence electrons. The summed E-state index contributed by atoms with van der Waals surface area (Å²) < 4.78 is 0. The normalized spacial score (nSPS) is 10.2. The number of nitro benzene ring substituents is 1. The highest BCUT2D eigenvalue weighted by Gasteiger charge is 2.19. The molecule has 0 fully saturated rings. The Hall–Kier alpha value is -2.47. The molecule has 0 N–H and O–H groups in total. The van der Waals surface area contributed by atoms with E-state index in [4.69, 9.17) is 11.6 Å². The highest BCUT2D eigenvalue weighted by Crippen LogP contribution is 2.23. The van der Waals surface area contributed by atoms with Crippen LogP contribution < -0.4 is 0 Å². The summed E-state index contributed by atoms with van der Waals surface area (Å²) in [5.74, 6) is -0.394. The van der Waals surface area contributed by atoms with Crippen molar-refractivity contribution in [3.63, 3.8) is 0 Å². The van der Waals surface area contributed by atoms with Crippen LogP contribution in [0.25, 0.3) is 0 Å². The number of aromatic nitrogens is 1. The van der Waals surface area contributed by atoms with Crippen molar-refractivity contribution in [2.24, 2.45) is 0 Å². The number of hydrogen-bond donors (Lipinski definition) is 0. The summed E-state index contributed by atoms with van der Waals surface area (Å²) in [7, 11) is 1.59. The molecule has 0 radical (unpaired) electrons. The molecule has 1 aromatic carbocycles. The van der Waals surface area contributed by atoms with Gasteiger partial charge >= 0.3 is 0 Å². The quantitative estimate of drug-likeness (QED) is 0.643. The van der Waals surface area contributed by atoms with Crippen molar-refractivity contribution in [2.45, 2.75) is 6.54 Å². The highest BCUT2D eigenvalue weighted by molar-refractivity contribution is 6.33. The minimum Gasteiger partial charge on any atom is -0.336 e. The standard InChI is InChI=1S/C14H12ClN3O3/c1-17(9-10-4-2-3-7-16-10)14(19)12-8-11(18(20)21)5-6-13(12)15/h2-8H,9H2,1H3. The van der Waals surface area contributed by atoms with Gasteiger partial charge < -0.3 is 4.90 Å². The maximum absolute atomic E-state index is 12.3. The molecule has 1 aromatic heterocycles. The average molecular weight is 306 g/mol. The van der Waals surface area contributed by atoms with Gasteiger partial charge in [-0.05, 0) is 18.2 Å². The first-order chi connectivity index (χ1) is 9.99. The number of benzene rings is 1. The van der Waals surface area contributed by atoms with Crippen LogP contribution in [0.3, 0.4) is 0 Å². The Kier molecular flexibility index (Phi) is 4.49. The minimum absolute atomic E-state index is 0.101. The number of hydrogen-bond acceptors (Lipinski definition) is 4. The largest absolute Gasteiger partial charge is 0.336 e. The van der Waals surface area contributed by atoms with Gasteiger partial charge in [-0.1, -0.05) is 17.7 Å². The van der Waals surface area contributed by atoms with Crippen molar-refractivity contribution in [1.29, 1.82) is 0 Å². The topological polar surface area (TPSA) is 76.3 Å². The molecule has 0 aliphatic heterocycles. The summed E-state index contributed by atoms with van der Waals surface area (Å²) in [4.78, 5) is 28.1. The van der Waals surface area contributed by atoms with Gasteiger partial charge in [0.15, 0.2) is 0 Å².